The average molecular weight is 330 g/mol. The van der Waals surface area contributed by atoms with Crippen molar-refractivity contribution < 1.29 is 4.79 Å². The first-order valence-electron chi connectivity index (χ1n) is 7.97. The number of carbonyl (C=O) groups excluding carboxylic acids is 1. The van der Waals surface area contributed by atoms with Crippen LogP contribution in [-0.4, -0.2) is 38.8 Å². The van der Waals surface area contributed by atoms with E-state index in [1.165, 1.54) is 22.9 Å². The Morgan fingerprint density at radius 2 is 2.13 bits per heavy atom. The van der Waals surface area contributed by atoms with Crippen LogP contribution >= 0.6 is 11.8 Å². The zero-order valence-corrected chi connectivity index (χ0v) is 14.1. The fourth-order valence-corrected chi connectivity index (χ4v) is 3.69. The van der Waals surface area contributed by atoms with Gasteiger partial charge in [0.15, 0.2) is 5.16 Å². The van der Waals surface area contributed by atoms with E-state index in [1.54, 1.807) is 6.20 Å². The van der Waals surface area contributed by atoms with Gasteiger partial charge in [0.1, 0.15) is 0 Å². The highest BCUT2D eigenvalue weighted by Crippen LogP contribution is 2.24. The van der Waals surface area contributed by atoms with Gasteiger partial charge in [-0.25, -0.2) is 9.66 Å². The molecule has 0 spiro atoms. The third kappa shape index (κ3) is 3.69. The van der Waals surface area contributed by atoms with E-state index in [2.05, 4.69) is 11.9 Å². The van der Waals surface area contributed by atoms with Gasteiger partial charge in [-0.2, -0.15) is 0 Å². The quantitative estimate of drug-likeness (QED) is 0.691. The highest BCUT2D eigenvalue weighted by atomic mass is 32.2. The Bertz CT molecular complexity index is 670. The minimum atomic E-state index is 0.173. The van der Waals surface area contributed by atoms with E-state index in [1.807, 2.05) is 35.2 Å². The third-order valence-electron chi connectivity index (χ3n) is 4.22. The normalized spacial score (nSPS) is 18.1. The molecule has 1 fully saturated rings. The van der Waals surface area contributed by atoms with Crippen molar-refractivity contribution in [2.45, 2.75) is 37.4 Å². The SMILES string of the molecule is C[C@@H]1CCCCN1C(=O)CSc1nc(-c2ccccc2)cn1N. The van der Waals surface area contributed by atoms with Crippen LogP contribution in [0.1, 0.15) is 26.2 Å². The summed E-state index contributed by atoms with van der Waals surface area (Å²) in [4.78, 5) is 18.9. The van der Waals surface area contributed by atoms with Gasteiger partial charge in [0.25, 0.3) is 0 Å². The van der Waals surface area contributed by atoms with Gasteiger partial charge in [-0.15, -0.1) is 0 Å². The molecular weight excluding hydrogens is 308 g/mol. The minimum Gasteiger partial charge on any atom is -0.339 e. The molecule has 1 aromatic carbocycles. The van der Waals surface area contributed by atoms with Crippen LogP contribution < -0.4 is 5.84 Å². The molecule has 1 aliphatic heterocycles. The first-order valence-corrected chi connectivity index (χ1v) is 8.96. The summed E-state index contributed by atoms with van der Waals surface area (Å²) in [6, 6.07) is 10.2. The summed E-state index contributed by atoms with van der Waals surface area (Å²) in [6.07, 6.45) is 5.21. The van der Waals surface area contributed by atoms with Crippen LogP contribution in [0.2, 0.25) is 0 Å². The number of imidazole rings is 1. The summed E-state index contributed by atoms with van der Waals surface area (Å²) < 4.78 is 1.50. The molecule has 23 heavy (non-hydrogen) atoms. The monoisotopic (exact) mass is 330 g/mol. The van der Waals surface area contributed by atoms with Crippen molar-refractivity contribution in [3.8, 4) is 11.3 Å². The lowest BCUT2D eigenvalue weighted by Crippen LogP contribution is -2.43. The number of carbonyl (C=O) groups is 1. The molecule has 0 unspecified atom stereocenters. The maximum absolute atomic E-state index is 12.4. The molecule has 0 bridgehead atoms. The zero-order valence-electron chi connectivity index (χ0n) is 13.3. The average Bonchev–Trinajstić information content (AvgIpc) is 2.95. The lowest BCUT2D eigenvalue weighted by molar-refractivity contribution is -0.131. The Labute approximate surface area is 140 Å². The van der Waals surface area contributed by atoms with Gasteiger partial charge in [0, 0.05) is 18.2 Å². The van der Waals surface area contributed by atoms with Crippen molar-refractivity contribution in [2.75, 3.05) is 18.1 Å². The first-order chi connectivity index (χ1) is 11.1. The Morgan fingerprint density at radius 3 is 2.87 bits per heavy atom. The van der Waals surface area contributed by atoms with E-state index in [9.17, 15) is 4.79 Å². The van der Waals surface area contributed by atoms with Crippen LogP contribution in [0.4, 0.5) is 0 Å². The standard InChI is InChI=1S/C17H22N4OS/c1-13-7-5-6-10-20(13)16(22)12-23-17-19-15(11-21(17)18)14-8-3-2-4-9-14/h2-4,8-9,11,13H,5-7,10,12,18H2,1H3/t13-/m1/s1. The van der Waals surface area contributed by atoms with E-state index in [0.29, 0.717) is 17.0 Å². The van der Waals surface area contributed by atoms with Gasteiger partial charge in [0.2, 0.25) is 5.91 Å². The number of nitrogen functional groups attached to an aromatic ring is 1. The lowest BCUT2D eigenvalue weighted by Gasteiger charge is -2.33. The van der Waals surface area contributed by atoms with E-state index >= 15 is 0 Å². The number of hydrogen-bond donors (Lipinski definition) is 1. The summed E-state index contributed by atoms with van der Waals surface area (Å²) in [5, 5.41) is 0.668. The molecule has 3 rings (SSSR count). The van der Waals surface area contributed by atoms with Crippen LogP contribution in [0, 0.1) is 0 Å². The van der Waals surface area contributed by atoms with Gasteiger partial charge in [-0.05, 0) is 26.2 Å². The number of nitrogens with two attached hydrogens (primary N) is 1. The molecule has 1 aliphatic rings. The molecule has 2 N–H and O–H groups in total. The molecule has 122 valence electrons. The maximum atomic E-state index is 12.4. The number of rotatable bonds is 4. The van der Waals surface area contributed by atoms with Crippen LogP contribution in [0.5, 0.6) is 0 Å². The molecule has 1 aromatic heterocycles. The molecule has 0 saturated carbocycles. The fourth-order valence-electron chi connectivity index (χ4n) is 2.91. The summed E-state index contributed by atoms with van der Waals surface area (Å²) in [5.41, 5.74) is 1.85. The number of thioether (sulfide) groups is 1. The molecule has 0 radical (unpaired) electrons. The van der Waals surface area contributed by atoms with Crippen LogP contribution in [0.3, 0.4) is 0 Å². The zero-order chi connectivity index (χ0) is 16.2. The van der Waals surface area contributed by atoms with Crippen molar-refractivity contribution in [2.24, 2.45) is 0 Å². The number of nitrogens with zero attached hydrogens (tertiary/aromatic N) is 3. The molecule has 5 nitrogen and oxygen atoms in total. The predicted octanol–water partition coefficient (Wildman–Crippen LogP) is 2.76. The molecule has 2 aromatic rings. The first kappa shape index (κ1) is 15.9. The lowest BCUT2D eigenvalue weighted by atomic mass is 10.0. The van der Waals surface area contributed by atoms with E-state index in [4.69, 9.17) is 5.84 Å². The van der Waals surface area contributed by atoms with Crippen molar-refractivity contribution in [1.29, 1.82) is 0 Å². The van der Waals surface area contributed by atoms with Gasteiger partial charge >= 0.3 is 0 Å². The number of benzene rings is 1. The van der Waals surface area contributed by atoms with E-state index < -0.39 is 0 Å². The van der Waals surface area contributed by atoms with Crippen LogP contribution in [0.15, 0.2) is 41.7 Å². The summed E-state index contributed by atoms with van der Waals surface area (Å²) in [6.45, 7) is 2.99. The van der Waals surface area contributed by atoms with Gasteiger partial charge in [-0.1, -0.05) is 42.1 Å². The highest BCUT2D eigenvalue weighted by Gasteiger charge is 2.23. The number of hydrogen-bond acceptors (Lipinski definition) is 4. The number of amides is 1. The highest BCUT2D eigenvalue weighted by molar-refractivity contribution is 7.99. The summed E-state index contributed by atoms with van der Waals surface area (Å²) >= 11 is 1.40. The minimum absolute atomic E-state index is 0.173. The molecule has 6 heteroatoms. The van der Waals surface area contributed by atoms with Gasteiger partial charge in [0.05, 0.1) is 17.6 Å². The van der Waals surface area contributed by atoms with Crippen molar-refractivity contribution in [1.82, 2.24) is 14.6 Å². The Kier molecular flexibility index (Phi) is 4.91. The number of piperidine rings is 1. The predicted molar refractivity (Wildman–Crippen MR) is 93.6 cm³/mol. The largest absolute Gasteiger partial charge is 0.339 e. The molecule has 1 amide bonds. The second kappa shape index (κ2) is 7.08. The Balaban J connectivity index is 1.64. The maximum Gasteiger partial charge on any atom is 0.233 e. The van der Waals surface area contributed by atoms with E-state index in [0.717, 1.165) is 30.6 Å². The second-order valence-electron chi connectivity index (χ2n) is 5.90. The third-order valence-corrected chi connectivity index (χ3v) is 5.17. The van der Waals surface area contributed by atoms with Crippen LogP contribution in [-0.2, 0) is 4.79 Å². The smallest absolute Gasteiger partial charge is 0.233 e. The molecule has 0 aliphatic carbocycles. The summed E-state index contributed by atoms with van der Waals surface area (Å²) in [7, 11) is 0. The Hall–Kier alpha value is -1.95. The van der Waals surface area contributed by atoms with Gasteiger partial charge in [-0.3, -0.25) is 4.79 Å². The van der Waals surface area contributed by atoms with Crippen molar-refractivity contribution in [3.05, 3.63) is 36.5 Å². The molecule has 1 saturated heterocycles. The number of likely N-dealkylation sites (tertiary alicyclic amines) is 1. The van der Waals surface area contributed by atoms with Crippen molar-refractivity contribution in [3.63, 3.8) is 0 Å². The molecular formula is C17H22N4OS. The second-order valence-corrected chi connectivity index (χ2v) is 6.85. The topological polar surface area (TPSA) is 64.2 Å². The summed E-state index contributed by atoms with van der Waals surface area (Å²) in [5.74, 6) is 6.53. The van der Waals surface area contributed by atoms with E-state index in [-0.39, 0.29) is 5.91 Å². The Morgan fingerprint density at radius 1 is 1.35 bits per heavy atom. The molecule has 2 heterocycles. The van der Waals surface area contributed by atoms with Crippen LogP contribution in [0.25, 0.3) is 11.3 Å². The molecule has 1 atom stereocenters. The number of aromatic nitrogens is 2. The fraction of sp³-hybridized carbons (Fsp3) is 0.412. The van der Waals surface area contributed by atoms with Gasteiger partial charge < -0.3 is 10.7 Å². The van der Waals surface area contributed by atoms with Crippen molar-refractivity contribution >= 4 is 17.7 Å².